The second-order valence-corrected chi connectivity index (χ2v) is 8.23. The number of halogens is 2. The molecule has 0 aliphatic carbocycles. The van der Waals surface area contributed by atoms with Crippen molar-refractivity contribution in [1.29, 1.82) is 0 Å². The summed E-state index contributed by atoms with van der Waals surface area (Å²) in [5, 5.41) is 0. The van der Waals surface area contributed by atoms with Crippen LogP contribution in [0.1, 0.15) is 41.1 Å². The van der Waals surface area contributed by atoms with E-state index in [2.05, 4.69) is 12.1 Å². The van der Waals surface area contributed by atoms with Crippen LogP contribution in [0.5, 0.6) is 5.75 Å². The summed E-state index contributed by atoms with van der Waals surface area (Å²) in [5.41, 5.74) is 1.07. The van der Waals surface area contributed by atoms with Gasteiger partial charge in [0.25, 0.3) is 5.91 Å². The molecule has 7 heteroatoms. The van der Waals surface area contributed by atoms with E-state index in [-0.39, 0.29) is 17.4 Å². The first-order valence-electron chi connectivity index (χ1n) is 10.6. The molecule has 2 aliphatic heterocycles. The van der Waals surface area contributed by atoms with E-state index in [1.54, 1.807) is 12.0 Å². The minimum atomic E-state index is -0.857. The van der Waals surface area contributed by atoms with Gasteiger partial charge in [-0.05, 0) is 49.1 Å². The van der Waals surface area contributed by atoms with Crippen molar-refractivity contribution in [2.75, 3.05) is 33.3 Å². The summed E-state index contributed by atoms with van der Waals surface area (Å²) in [5.74, 6) is -0.881. The van der Waals surface area contributed by atoms with Gasteiger partial charge in [-0.15, -0.1) is 0 Å². The number of carbonyl (C=O) groups excluding carboxylic acids is 2. The van der Waals surface area contributed by atoms with Crippen LogP contribution in [0.3, 0.4) is 0 Å². The maximum absolute atomic E-state index is 13.9. The molecule has 164 valence electrons. The molecule has 2 heterocycles. The van der Waals surface area contributed by atoms with Gasteiger partial charge in [0.05, 0.1) is 12.7 Å². The van der Waals surface area contributed by atoms with E-state index in [0.717, 1.165) is 30.8 Å². The highest BCUT2D eigenvalue weighted by Gasteiger charge is 2.34. The quantitative estimate of drug-likeness (QED) is 0.744. The summed E-state index contributed by atoms with van der Waals surface area (Å²) in [7, 11) is 1.64. The van der Waals surface area contributed by atoms with E-state index in [0.29, 0.717) is 38.4 Å². The minimum absolute atomic E-state index is 0.128. The van der Waals surface area contributed by atoms with Crippen molar-refractivity contribution in [3.63, 3.8) is 0 Å². The molecule has 0 N–H and O–H groups in total. The summed E-state index contributed by atoms with van der Waals surface area (Å²) < 4.78 is 32.2. The van der Waals surface area contributed by atoms with E-state index in [1.165, 1.54) is 11.6 Å². The number of hydrogen-bond acceptors (Lipinski definition) is 3. The smallest absolute Gasteiger partial charge is 0.256 e. The fourth-order valence-corrected chi connectivity index (χ4v) is 4.53. The SMILES string of the molecule is COc1ccc(C2CCN(C(=O)C3CCN(C(=O)c4ccc(F)cc4F)CC3)C2)cc1. The van der Waals surface area contributed by atoms with Gasteiger partial charge in [0.1, 0.15) is 17.4 Å². The van der Waals surface area contributed by atoms with Crippen LogP contribution in [-0.2, 0) is 4.79 Å². The highest BCUT2D eigenvalue weighted by atomic mass is 19.1. The largest absolute Gasteiger partial charge is 0.497 e. The van der Waals surface area contributed by atoms with Gasteiger partial charge in [-0.1, -0.05) is 12.1 Å². The number of piperidine rings is 1. The molecular formula is C24H26F2N2O3. The molecule has 2 aromatic rings. The van der Waals surface area contributed by atoms with E-state index >= 15 is 0 Å². The summed E-state index contributed by atoms with van der Waals surface area (Å²) in [6.45, 7) is 2.21. The molecule has 31 heavy (non-hydrogen) atoms. The molecular weight excluding hydrogens is 402 g/mol. The van der Waals surface area contributed by atoms with Crippen molar-refractivity contribution in [3.05, 3.63) is 65.2 Å². The van der Waals surface area contributed by atoms with Crippen molar-refractivity contribution < 1.29 is 23.1 Å². The number of methoxy groups -OCH3 is 1. The Morgan fingerprint density at radius 3 is 2.26 bits per heavy atom. The predicted molar refractivity (Wildman–Crippen MR) is 112 cm³/mol. The van der Waals surface area contributed by atoms with Gasteiger partial charge in [0, 0.05) is 44.1 Å². The number of nitrogens with zero attached hydrogens (tertiary/aromatic N) is 2. The van der Waals surface area contributed by atoms with Crippen molar-refractivity contribution in [2.24, 2.45) is 5.92 Å². The monoisotopic (exact) mass is 428 g/mol. The van der Waals surface area contributed by atoms with Crippen LogP contribution in [0.2, 0.25) is 0 Å². The molecule has 1 unspecified atom stereocenters. The topological polar surface area (TPSA) is 49.9 Å². The number of amides is 2. The Labute approximate surface area is 180 Å². The second-order valence-electron chi connectivity index (χ2n) is 8.23. The summed E-state index contributed by atoms with van der Waals surface area (Å²) in [6.07, 6.45) is 2.04. The number of hydrogen-bond donors (Lipinski definition) is 0. The zero-order valence-corrected chi connectivity index (χ0v) is 17.5. The third kappa shape index (κ3) is 4.55. The van der Waals surface area contributed by atoms with Gasteiger partial charge in [0.15, 0.2) is 0 Å². The fourth-order valence-electron chi connectivity index (χ4n) is 4.53. The first-order valence-corrected chi connectivity index (χ1v) is 10.6. The third-order valence-corrected chi connectivity index (χ3v) is 6.38. The molecule has 2 aliphatic rings. The van der Waals surface area contributed by atoms with Crippen LogP contribution >= 0.6 is 0 Å². The molecule has 2 aromatic carbocycles. The van der Waals surface area contributed by atoms with Crippen molar-refractivity contribution in [1.82, 2.24) is 9.80 Å². The molecule has 0 bridgehead atoms. The zero-order valence-electron chi connectivity index (χ0n) is 17.5. The van der Waals surface area contributed by atoms with E-state index in [1.807, 2.05) is 17.0 Å². The Balaban J connectivity index is 1.31. The standard InChI is InChI=1S/C24H26F2N2O3/c1-31-20-5-2-16(3-6-20)18-10-13-28(15-18)23(29)17-8-11-27(12-9-17)24(30)21-7-4-19(25)14-22(21)26/h2-7,14,17-18H,8-13,15H2,1H3. The van der Waals surface area contributed by atoms with Crippen molar-refractivity contribution in [3.8, 4) is 5.75 Å². The lowest BCUT2D eigenvalue weighted by molar-refractivity contribution is -0.135. The molecule has 0 saturated carbocycles. The minimum Gasteiger partial charge on any atom is -0.497 e. The first kappa shape index (κ1) is 21.3. The summed E-state index contributed by atoms with van der Waals surface area (Å²) in [6, 6.07) is 11.0. The summed E-state index contributed by atoms with van der Waals surface area (Å²) >= 11 is 0. The molecule has 2 fully saturated rings. The van der Waals surface area contributed by atoms with Crippen LogP contribution in [0, 0.1) is 17.6 Å². The van der Waals surface area contributed by atoms with Gasteiger partial charge in [-0.2, -0.15) is 0 Å². The predicted octanol–water partition coefficient (Wildman–Crippen LogP) is 3.84. The van der Waals surface area contributed by atoms with E-state index < -0.39 is 17.5 Å². The highest BCUT2D eigenvalue weighted by molar-refractivity contribution is 5.94. The molecule has 1 atom stereocenters. The number of benzene rings is 2. The van der Waals surface area contributed by atoms with Crippen LogP contribution < -0.4 is 4.74 Å². The van der Waals surface area contributed by atoms with Gasteiger partial charge in [0.2, 0.25) is 5.91 Å². The van der Waals surface area contributed by atoms with E-state index in [9.17, 15) is 18.4 Å². The lowest BCUT2D eigenvalue weighted by Crippen LogP contribution is -2.44. The molecule has 4 rings (SSSR count). The lowest BCUT2D eigenvalue weighted by atomic mass is 9.94. The molecule has 0 aromatic heterocycles. The lowest BCUT2D eigenvalue weighted by Gasteiger charge is -2.33. The molecule has 2 amide bonds. The number of likely N-dealkylation sites (tertiary alicyclic amines) is 2. The Morgan fingerprint density at radius 1 is 0.935 bits per heavy atom. The van der Waals surface area contributed by atoms with Gasteiger partial charge in [-0.25, -0.2) is 8.78 Å². The fraction of sp³-hybridized carbons (Fsp3) is 0.417. The highest BCUT2D eigenvalue weighted by Crippen LogP contribution is 2.31. The maximum atomic E-state index is 13.9. The second kappa shape index (κ2) is 9.04. The van der Waals surface area contributed by atoms with Gasteiger partial charge in [-0.3, -0.25) is 9.59 Å². The Morgan fingerprint density at radius 2 is 1.61 bits per heavy atom. The van der Waals surface area contributed by atoms with E-state index in [4.69, 9.17) is 4.74 Å². The van der Waals surface area contributed by atoms with Gasteiger partial charge < -0.3 is 14.5 Å². The summed E-state index contributed by atoms with van der Waals surface area (Å²) in [4.78, 5) is 29.1. The van der Waals surface area contributed by atoms with Crippen LogP contribution in [0.15, 0.2) is 42.5 Å². The molecule has 2 saturated heterocycles. The third-order valence-electron chi connectivity index (χ3n) is 6.38. The van der Waals surface area contributed by atoms with Crippen molar-refractivity contribution >= 4 is 11.8 Å². The van der Waals surface area contributed by atoms with Crippen LogP contribution in [0.25, 0.3) is 0 Å². The zero-order chi connectivity index (χ0) is 22.0. The van der Waals surface area contributed by atoms with Gasteiger partial charge >= 0.3 is 0 Å². The normalized spacial score (nSPS) is 19.5. The average Bonchev–Trinajstić information content (AvgIpc) is 3.29. The Bertz CT molecular complexity index is 956. The number of carbonyl (C=O) groups is 2. The van der Waals surface area contributed by atoms with Crippen molar-refractivity contribution in [2.45, 2.75) is 25.2 Å². The van der Waals surface area contributed by atoms with Crippen LogP contribution in [0.4, 0.5) is 8.78 Å². The Hall–Kier alpha value is -2.96. The number of ether oxygens (including phenoxy) is 1. The molecule has 0 spiro atoms. The Kier molecular flexibility index (Phi) is 6.20. The van der Waals surface area contributed by atoms with Crippen LogP contribution in [-0.4, -0.2) is 54.9 Å². The molecule has 0 radical (unpaired) electrons. The maximum Gasteiger partial charge on any atom is 0.256 e. The molecule has 5 nitrogen and oxygen atoms in total. The number of rotatable bonds is 4. The average molecular weight is 428 g/mol. The first-order chi connectivity index (χ1) is 15.0.